The Morgan fingerprint density at radius 3 is 2.37 bits per heavy atom. The number of ether oxygens (including phenoxy) is 1. The summed E-state index contributed by atoms with van der Waals surface area (Å²) in [4.78, 5) is 0. The van der Waals surface area contributed by atoms with E-state index < -0.39 is 0 Å². The second kappa shape index (κ2) is 6.40. The van der Waals surface area contributed by atoms with Crippen LogP contribution in [0.3, 0.4) is 0 Å². The van der Waals surface area contributed by atoms with E-state index in [2.05, 4.69) is 32.0 Å². The van der Waals surface area contributed by atoms with Crippen LogP contribution in [0.25, 0.3) is 0 Å². The Kier molecular flexibility index (Phi) is 5.39. The van der Waals surface area contributed by atoms with Crippen molar-refractivity contribution in [3.05, 3.63) is 29.3 Å². The molecule has 4 N–H and O–H groups in total. The zero-order valence-electron chi connectivity index (χ0n) is 12.9. The average molecular weight is 264 g/mol. The standard InChI is InChI=1S/C16H28N2O/c1-11(2)12-6-7-13(15(10-12)19-5)14(17)8-9-16(3,4)18/h6-7,10-11,14H,8-9,17-18H2,1-5H3. The summed E-state index contributed by atoms with van der Waals surface area (Å²) >= 11 is 0. The van der Waals surface area contributed by atoms with Gasteiger partial charge in [-0.2, -0.15) is 0 Å². The average Bonchev–Trinajstić information content (AvgIpc) is 2.34. The lowest BCUT2D eigenvalue weighted by Gasteiger charge is -2.22. The lowest BCUT2D eigenvalue weighted by Crippen LogP contribution is -2.32. The van der Waals surface area contributed by atoms with Gasteiger partial charge in [0, 0.05) is 17.1 Å². The number of rotatable bonds is 6. The van der Waals surface area contributed by atoms with Gasteiger partial charge in [0.15, 0.2) is 0 Å². The normalized spacial score (nSPS) is 13.7. The molecule has 0 saturated heterocycles. The van der Waals surface area contributed by atoms with Gasteiger partial charge in [-0.05, 0) is 44.2 Å². The smallest absolute Gasteiger partial charge is 0.123 e. The summed E-state index contributed by atoms with van der Waals surface area (Å²) in [5, 5.41) is 0. The highest BCUT2D eigenvalue weighted by Gasteiger charge is 2.17. The monoisotopic (exact) mass is 264 g/mol. The maximum atomic E-state index is 6.27. The molecule has 19 heavy (non-hydrogen) atoms. The van der Waals surface area contributed by atoms with Gasteiger partial charge in [-0.1, -0.05) is 26.0 Å². The Balaban J connectivity index is 2.87. The summed E-state index contributed by atoms with van der Waals surface area (Å²) in [6.45, 7) is 8.40. The van der Waals surface area contributed by atoms with Gasteiger partial charge >= 0.3 is 0 Å². The van der Waals surface area contributed by atoms with Crippen molar-refractivity contribution < 1.29 is 4.74 Å². The molecule has 0 amide bonds. The summed E-state index contributed by atoms with van der Waals surface area (Å²) in [6, 6.07) is 6.28. The fourth-order valence-corrected chi connectivity index (χ4v) is 2.08. The van der Waals surface area contributed by atoms with E-state index in [4.69, 9.17) is 16.2 Å². The minimum atomic E-state index is -0.178. The summed E-state index contributed by atoms with van der Waals surface area (Å²) in [5.74, 6) is 1.37. The van der Waals surface area contributed by atoms with Crippen molar-refractivity contribution in [2.75, 3.05) is 7.11 Å². The molecule has 0 fully saturated rings. The van der Waals surface area contributed by atoms with Gasteiger partial charge in [-0.15, -0.1) is 0 Å². The summed E-state index contributed by atoms with van der Waals surface area (Å²) in [7, 11) is 1.70. The van der Waals surface area contributed by atoms with Crippen LogP contribution in [0, 0.1) is 0 Å². The molecule has 0 aliphatic rings. The molecule has 3 heteroatoms. The first-order valence-corrected chi connectivity index (χ1v) is 6.97. The molecule has 0 aromatic heterocycles. The van der Waals surface area contributed by atoms with Crippen LogP contribution < -0.4 is 16.2 Å². The van der Waals surface area contributed by atoms with Crippen LogP contribution >= 0.6 is 0 Å². The number of hydrogen-bond acceptors (Lipinski definition) is 3. The molecule has 0 bridgehead atoms. The van der Waals surface area contributed by atoms with Crippen LogP contribution in [0.4, 0.5) is 0 Å². The third kappa shape index (κ3) is 4.84. The van der Waals surface area contributed by atoms with Gasteiger partial charge in [0.05, 0.1) is 7.11 Å². The molecule has 3 nitrogen and oxygen atoms in total. The van der Waals surface area contributed by atoms with E-state index in [1.165, 1.54) is 5.56 Å². The highest BCUT2D eigenvalue weighted by Crippen LogP contribution is 2.30. The van der Waals surface area contributed by atoms with Crippen molar-refractivity contribution in [3.63, 3.8) is 0 Å². The van der Waals surface area contributed by atoms with E-state index in [0.29, 0.717) is 5.92 Å². The maximum absolute atomic E-state index is 6.27. The number of nitrogens with two attached hydrogens (primary N) is 2. The zero-order chi connectivity index (χ0) is 14.6. The first kappa shape index (κ1) is 16.0. The van der Waals surface area contributed by atoms with Crippen molar-refractivity contribution in [2.45, 2.75) is 58.0 Å². The van der Waals surface area contributed by atoms with Gasteiger partial charge in [0.1, 0.15) is 5.75 Å². The fraction of sp³-hybridized carbons (Fsp3) is 0.625. The molecule has 0 radical (unpaired) electrons. The highest BCUT2D eigenvalue weighted by atomic mass is 16.5. The summed E-state index contributed by atoms with van der Waals surface area (Å²) < 4.78 is 5.48. The zero-order valence-corrected chi connectivity index (χ0v) is 12.9. The highest BCUT2D eigenvalue weighted by molar-refractivity contribution is 5.40. The third-order valence-corrected chi connectivity index (χ3v) is 3.42. The Morgan fingerprint density at radius 2 is 1.89 bits per heavy atom. The molecule has 0 aliphatic carbocycles. The minimum absolute atomic E-state index is 0.0287. The van der Waals surface area contributed by atoms with E-state index in [-0.39, 0.29) is 11.6 Å². The molecule has 1 aromatic rings. The fourth-order valence-electron chi connectivity index (χ4n) is 2.08. The summed E-state index contributed by atoms with van der Waals surface area (Å²) in [6.07, 6.45) is 1.75. The lowest BCUT2D eigenvalue weighted by molar-refractivity contribution is 0.393. The Hall–Kier alpha value is -1.06. The largest absolute Gasteiger partial charge is 0.496 e. The lowest BCUT2D eigenvalue weighted by atomic mass is 9.92. The van der Waals surface area contributed by atoms with Crippen LogP contribution in [-0.2, 0) is 0 Å². The Morgan fingerprint density at radius 1 is 1.26 bits per heavy atom. The second-order valence-corrected chi connectivity index (χ2v) is 6.29. The number of hydrogen-bond donors (Lipinski definition) is 2. The number of benzene rings is 1. The van der Waals surface area contributed by atoms with Crippen molar-refractivity contribution in [1.82, 2.24) is 0 Å². The van der Waals surface area contributed by atoms with Gasteiger partial charge in [-0.25, -0.2) is 0 Å². The van der Waals surface area contributed by atoms with Crippen LogP contribution in [0.15, 0.2) is 18.2 Å². The van der Waals surface area contributed by atoms with E-state index in [0.717, 1.165) is 24.2 Å². The van der Waals surface area contributed by atoms with Gasteiger partial charge in [0.25, 0.3) is 0 Å². The molecule has 0 aliphatic heterocycles. The quantitative estimate of drug-likeness (QED) is 0.828. The van der Waals surface area contributed by atoms with Crippen LogP contribution in [0.1, 0.15) is 63.6 Å². The van der Waals surface area contributed by atoms with Crippen molar-refractivity contribution in [3.8, 4) is 5.75 Å². The van der Waals surface area contributed by atoms with Crippen molar-refractivity contribution in [2.24, 2.45) is 11.5 Å². The van der Waals surface area contributed by atoms with E-state index in [9.17, 15) is 0 Å². The molecule has 1 aromatic carbocycles. The molecule has 1 unspecified atom stereocenters. The SMILES string of the molecule is COc1cc(C(C)C)ccc1C(N)CCC(C)(C)N. The van der Waals surface area contributed by atoms with Gasteiger partial charge in [-0.3, -0.25) is 0 Å². The topological polar surface area (TPSA) is 61.3 Å². The van der Waals surface area contributed by atoms with E-state index >= 15 is 0 Å². The first-order valence-electron chi connectivity index (χ1n) is 6.97. The third-order valence-electron chi connectivity index (χ3n) is 3.42. The van der Waals surface area contributed by atoms with Crippen molar-refractivity contribution in [1.29, 1.82) is 0 Å². The number of methoxy groups -OCH3 is 1. The predicted molar refractivity (Wildman–Crippen MR) is 81.5 cm³/mol. The first-order chi connectivity index (χ1) is 8.74. The van der Waals surface area contributed by atoms with Crippen molar-refractivity contribution >= 4 is 0 Å². The summed E-state index contributed by atoms with van der Waals surface area (Å²) in [5.41, 5.74) is 14.4. The van der Waals surface area contributed by atoms with E-state index in [1.807, 2.05) is 13.8 Å². The Bertz CT molecular complexity index is 408. The van der Waals surface area contributed by atoms with Gasteiger partial charge in [0.2, 0.25) is 0 Å². The van der Waals surface area contributed by atoms with Crippen LogP contribution in [-0.4, -0.2) is 12.6 Å². The molecule has 1 atom stereocenters. The molecule has 0 heterocycles. The molecule has 0 spiro atoms. The molecular formula is C16H28N2O. The predicted octanol–water partition coefficient (Wildman–Crippen LogP) is 3.34. The maximum Gasteiger partial charge on any atom is 0.123 e. The molecular weight excluding hydrogens is 236 g/mol. The molecule has 1 rings (SSSR count). The van der Waals surface area contributed by atoms with E-state index in [1.54, 1.807) is 7.11 Å². The molecule has 108 valence electrons. The van der Waals surface area contributed by atoms with Gasteiger partial charge < -0.3 is 16.2 Å². The van der Waals surface area contributed by atoms with Crippen LogP contribution in [0.2, 0.25) is 0 Å². The van der Waals surface area contributed by atoms with Crippen LogP contribution in [0.5, 0.6) is 5.75 Å². The Labute approximate surface area is 117 Å². The minimum Gasteiger partial charge on any atom is -0.496 e. The molecule has 0 saturated carbocycles. The second-order valence-electron chi connectivity index (χ2n) is 6.29.